The smallest absolute Gasteiger partial charge is 0.133 e. The summed E-state index contributed by atoms with van der Waals surface area (Å²) in [5.74, 6) is 0.413. The lowest BCUT2D eigenvalue weighted by atomic mass is 9.96. The molecule has 1 heterocycles. The van der Waals surface area contributed by atoms with Crippen molar-refractivity contribution in [1.82, 2.24) is 9.78 Å². The molecule has 0 fully saturated rings. The van der Waals surface area contributed by atoms with Crippen LogP contribution in [0.1, 0.15) is 31.7 Å². The molecule has 0 spiro atoms. The SMILES string of the molecule is CCC(Cc1cc(C)nn1C)C(C)=O. The van der Waals surface area contributed by atoms with Crippen molar-refractivity contribution in [2.45, 2.75) is 33.6 Å². The third-order valence-corrected chi connectivity index (χ3v) is 2.62. The maximum Gasteiger partial charge on any atom is 0.133 e. The molecule has 0 bridgehead atoms. The van der Waals surface area contributed by atoms with E-state index in [-0.39, 0.29) is 11.7 Å². The molecule has 14 heavy (non-hydrogen) atoms. The molecule has 1 unspecified atom stereocenters. The molecule has 1 atom stereocenters. The molecule has 1 aromatic rings. The topological polar surface area (TPSA) is 34.9 Å². The van der Waals surface area contributed by atoms with Crippen LogP contribution in [0.4, 0.5) is 0 Å². The van der Waals surface area contributed by atoms with Crippen LogP contribution in [-0.2, 0) is 18.3 Å². The minimum atomic E-state index is 0.143. The molecule has 0 aliphatic heterocycles. The number of carbonyl (C=O) groups excluding carboxylic acids is 1. The highest BCUT2D eigenvalue weighted by molar-refractivity contribution is 5.78. The van der Waals surface area contributed by atoms with Gasteiger partial charge in [-0.3, -0.25) is 9.48 Å². The van der Waals surface area contributed by atoms with Gasteiger partial charge in [-0.1, -0.05) is 6.92 Å². The predicted molar refractivity (Wildman–Crippen MR) is 56.1 cm³/mol. The summed E-state index contributed by atoms with van der Waals surface area (Å²) in [6.45, 7) is 5.69. The van der Waals surface area contributed by atoms with Crippen molar-refractivity contribution in [3.8, 4) is 0 Å². The number of ketones is 1. The van der Waals surface area contributed by atoms with E-state index in [1.165, 1.54) is 0 Å². The third kappa shape index (κ3) is 2.44. The molecule has 0 N–H and O–H groups in total. The van der Waals surface area contributed by atoms with Crippen molar-refractivity contribution in [3.63, 3.8) is 0 Å². The normalized spacial score (nSPS) is 12.9. The first-order chi connectivity index (χ1) is 6.54. The molecule has 3 heteroatoms. The summed E-state index contributed by atoms with van der Waals surface area (Å²) in [4.78, 5) is 11.3. The van der Waals surface area contributed by atoms with Crippen molar-refractivity contribution >= 4 is 5.78 Å². The third-order valence-electron chi connectivity index (χ3n) is 2.62. The molecule has 0 saturated carbocycles. The van der Waals surface area contributed by atoms with Gasteiger partial charge in [0, 0.05) is 18.7 Å². The van der Waals surface area contributed by atoms with E-state index in [1.807, 2.05) is 24.7 Å². The van der Waals surface area contributed by atoms with Crippen LogP contribution in [0.5, 0.6) is 0 Å². The van der Waals surface area contributed by atoms with Gasteiger partial charge >= 0.3 is 0 Å². The molecular weight excluding hydrogens is 176 g/mol. The van der Waals surface area contributed by atoms with Crippen LogP contribution in [0, 0.1) is 12.8 Å². The van der Waals surface area contributed by atoms with Gasteiger partial charge in [0.1, 0.15) is 5.78 Å². The summed E-state index contributed by atoms with van der Waals surface area (Å²) in [7, 11) is 1.93. The molecule has 78 valence electrons. The molecule has 0 radical (unpaired) electrons. The maximum absolute atomic E-state index is 11.3. The molecule has 3 nitrogen and oxygen atoms in total. The van der Waals surface area contributed by atoms with Crippen LogP contribution in [0.2, 0.25) is 0 Å². The maximum atomic E-state index is 11.3. The van der Waals surface area contributed by atoms with Gasteiger partial charge in [0.15, 0.2) is 0 Å². The van der Waals surface area contributed by atoms with E-state index in [2.05, 4.69) is 12.0 Å². The van der Waals surface area contributed by atoms with Crippen LogP contribution in [-0.4, -0.2) is 15.6 Å². The fraction of sp³-hybridized carbons (Fsp3) is 0.636. The number of hydrogen-bond donors (Lipinski definition) is 0. The van der Waals surface area contributed by atoms with Gasteiger partial charge in [-0.2, -0.15) is 5.10 Å². The summed E-state index contributed by atoms with van der Waals surface area (Å²) in [5.41, 5.74) is 2.16. The van der Waals surface area contributed by atoms with E-state index in [0.29, 0.717) is 0 Å². The van der Waals surface area contributed by atoms with Crippen molar-refractivity contribution in [3.05, 3.63) is 17.5 Å². The molecule has 0 aliphatic carbocycles. The van der Waals surface area contributed by atoms with Crippen LogP contribution in [0.15, 0.2) is 6.07 Å². The summed E-state index contributed by atoms with van der Waals surface area (Å²) in [6, 6.07) is 2.05. The number of aryl methyl sites for hydroxylation is 2. The van der Waals surface area contributed by atoms with Gasteiger partial charge < -0.3 is 0 Å². The first-order valence-electron chi connectivity index (χ1n) is 5.04. The zero-order chi connectivity index (χ0) is 10.7. The Balaban J connectivity index is 2.76. The Morgan fingerprint density at radius 3 is 2.64 bits per heavy atom. The van der Waals surface area contributed by atoms with E-state index in [0.717, 1.165) is 24.2 Å². The summed E-state index contributed by atoms with van der Waals surface area (Å²) in [5, 5.41) is 4.26. The lowest BCUT2D eigenvalue weighted by Crippen LogP contribution is -2.14. The number of carbonyl (C=O) groups is 1. The molecule has 1 rings (SSSR count). The quantitative estimate of drug-likeness (QED) is 0.733. The first-order valence-corrected chi connectivity index (χ1v) is 5.04. The van der Waals surface area contributed by atoms with Crippen LogP contribution in [0.25, 0.3) is 0 Å². The minimum absolute atomic E-state index is 0.143. The molecule has 0 aromatic carbocycles. The number of Topliss-reactive ketones (excluding diaryl/α,β-unsaturated/α-hetero) is 1. The van der Waals surface area contributed by atoms with Gasteiger partial charge in [0.25, 0.3) is 0 Å². The van der Waals surface area contributed by atoms with Crippen LogP contribution < -0.4 is 0 Å². The minimum Gasteiger partial charge on any atom is -0.300 e. The van der Waals surface area contributed by atoms with Crippen molar-refractivity contribution in [2.24, 2.45) is 13.0 Å². The summed E-state index contributed by atoms with van der Waals surface area (Å²) < 4.78 is 1.86. The van der Waals surface area contributed by atoms with Crippen LogP contribution in [0.3, 0.4) is 0 Å². The Morgan fingerprint density at radius 2 is 2.29 bits per heavy atom. The fourth-order valence-corrected chi connectivity index (χ4v) is 1.68. The molecule has 0 saturated heterocycles. The highest BCUT2D eigenvalue weighted by Gasteiger charge is 2.14. The van der Waals surface area contributed by atoms with Gasteiger partial charge in [0.2, 0.25) is 0 Å². The fourth-order valence-electron chi connectivity index (χ4n) is 1.68. The van der Waals surface area contributed by atoms with Crippen molar-refractivity contribution < 1.29 is 4.79 Å². The van der Waals surface area contributed by atoms with Gasteiger partial charge in [-0.25, -0.2) is 0 Å². The molecular formula is C11H18N2O. The first kappa shape index (κ1) is 11.0. The number of nitrogens with zero attached hydrogens (tertiary/aromatic N) is 2. The predicted octanol–water partition coefficient (Wildman–Crippen LogP) is 1.89. The zero-order valence-corrected chi connectivity index (χ0v) is 9.37. The zero-order valence-electron chi connectivity index (χ0n) is 9.37. The number of hydrogen-bond acceptors (Lipinski definition) is 2. The monoisotopic (exact) mass is 194 g/mol. The molecule has 0 amide bonds. The van der Waals surface area contributed by atoms with E-state index in [9.17, 15) is 4.79 Å². The van der Waals surface area contributed by atoms with Crippen molar-refractivity contribution in [2.75, 3.05) is 0 Å². The Labute approximate surface area is 85.1 Å². The summed E-state index contributed by atoms with van der Waals surface area (Å²) in [6.07, 6.45) is 1.71. The lowest BCUT2D eigenvalue weighted by Gasteiger charge is -2.10. The Hall–Kier alpha value is -1.12. The second kappa shape index (κ2) is 4.40. The Kier molecular flexibility index (Phi) is 3.44. The lowest BCUT2D eigenvalue weighted by molar-refractivity contribution is -0.120. The van der Waals surface area contributed by atoms with Gasteiger partial charge in [0.05, 0.1) is 5.69 Å². The van der Waals surface area contributed by atoms with Gasteiger partial charge in [-0.05, 0) is 32.8 Å². The standard InChI is InChI=1S/C11H18N2O/c1-5-10(9(3)14)7-11-6-8(2)12-13(11)4/h6,10H,5,7H2,1-4H3. The highest BCUT2D eigenvalue weighted by Crippen LogP contribution is 2.13. The van der Waals surface area contributed by atoms with E-state index < -0.39 is 0 Å². The van der Waals surface area contributed by atoms with E-state index in [1.54, 1.807) is 6.92 Å². The van der Waals surface area contributed by atoms with E-state index in [4.69, 9.17) is 0 Å². The van der Waals surface area contributed by atoms with Crippen LogP contribution >= 0.6 is 0 Å². The average molecular weight is 194 g/mol. The second-order valence-corrected chi connectivity index (χ2v) is 3.82. The number of rotatable bonds is 4. The number of aromatic nitrogens is 2. The Morgan fingerprint density at radius 1 is 1.64 bits per heavy atom. The molecule has 1 aromatic heterocycles. The largest absolute Gasteiger partial charge is 0.300 e. The summed E-state index contributed by atoms with van der Waals surface area (Å²) >= 11 is 0. The highest BCUT2D eigenvalue weighted by atomic mass is 16.1. The van der Waals surface area contributed by atoms with Gasteiger partial charge in [-0.15, -0.1) is 0 Å². The van der Waals surface area contributed by atoms with Crippen molar-refractivity contribution in [1.29, 1.82) is 0 Å². The Bertz CT molecular complexity index is 328. The molecule has 0 aliphatic rings. The average Bonchev–Trinajstić information content (AvgIpc) is 2.40. The second-order valence-electron chi connectivity index (χ2n) is 3.82. The van der Waals surface area contributed by atoms with E-state index >= 15 is 0 Å².